The second kappa shape index (κ2) is 42.1. The average molecular weight is 958 g/mol. The quantitative estimate of drug-likeness (QED) is 0.0218. The van der Waals surface area contributed by atoms with Gasteiger partial charge in [0, 0.05) is 45.8 Å². The SMILES string of the molecule is O=C(NCSCSCSCN=CS(=O)CSCSCSC(=O)NCSCSCSCN=CS(=O)CSCSCO)SCSCSCO. The average Bonchev–Trinajstić information content (AvgIpc) is 3.06. The molecular weight excluding hydrogens is 917 g/mol. The van der Waals surface area contributed by atoms with E-state index >= 15 is 0 Å². The molecule has 276 valence electrons. The number of aliphatic hydroxyl groups excluding tert-OH is 2. The molecule has 0 spiro atoms. The summed E-state index contributed by atoms with van der Waals surface area (Å²) in [5.41, 5.74) is 3.00. The summed E-state index contributed by atoms with van der Waals surface area (Å²) in [5, 5.41) is 31.1. The Morgan fingerprint density at radius 1 is 0.511 bits per heavy atom. The second-order valence-corrected chi connectivity index (χ2v) is 27.2. The van der Waals surface area contributed by atoms with Crippen LogP contribution in [0.2, 0.25) is 0 Å². The molecule has 0 fully saturated rings. The van der Waals surface area contributed by atoms with Gasteiger partial charge < -0.3 is 20.8 Å². The molecule has 47 heavy (non-hydrogen) atoms. The highest BCUT2D eigenvalue weighted by molar-refractivity contribution is 8.29. The van der Waals surface area contributed by atoms with Crippen molar-refractivity contribution >= 4 is 208 Å². The molecule has 0 heterocycles. The first-order valence-electron chi connectivity index (χ1n) is 12.7. The zero-order valence-corrected chi connectivity index (χ0v) is 38.2. The summed E-state index contributed by atoms with van der Waals surface area (Å²) in [6, 6.07) is 0. The molecule has 0 aromatic carbocycles. The van der Waals surface area contributed by atoms with Crippen molar-refractivity contribution < 1.29 is 28.2 Å². The first kappa shape index (κ1) is 50.4. The Labute approximate surface area is 343 Å². The third-order valence-electron chi connectivity index (χ3n) is 3.65. The van der Waals surface area contributed by atoms with Crippen LogP contribution >= 0.6 is 165 Å². The number of nitrogens with one attached hydrogen (secondary N) is 2. The zero-order chi connectivity index (χ0) is 34.5. The van der Waals surface area contributed by atoms with E-state index in [4.69, 9.17) is 10.2 Å². The van der Waals surface area contributed by atoms with Crippen LogP contribution in [0.3, 0.4) is 0 Å². The molecule has 26 heteroatoms. The predicted molar refractivity (Wildman–Crippen MR) is 244 cm³/mol. The highest BCUT2D eigenvalue weighted by atomic mass is 32.3. The number of thioether (sulfide) groups is 14. The molecule has 2 amide bonds. The van der Waals surface area contributed by atoms with Crippen LogP contribution in [0.25, 0.3) is 0 Å². The minimum Gasteiger partial charge on any atom is -0.386 e. The lowest BCUT2D eigenvalue weighted by atomic mass is 11.2. The van der Waals surface area contributed by atoms with Gasteiger partial charge in [-0.1, -0.05) is 23.5 Å². The minimum absolute atomic E-state index is 0.0276. The number of carbonyl (C=O) groups excluding carboxylic acids is 2. The minimum atomic E-state index is -1.11. The van der Waals surface area contributed by atoms with Crippen molar-refractivity contribution in [2.75, 3.05) is 91.3 Å². The maximum Gasteiger partial charge on any atom is 0.280 e. The smallest absolute Gasteiger partial charge is 0.280 e. The largest absolute Gasteiger partial charge is 0.386 e. The lowest BCUT2D eigenvalue weighted by Gasteiger charge is -2.05. The maximum absolute atomic E-state index is 12.1. The van der Waals surface area contributed by atoms with Crippen LogP contribution in [0.5, 0.6) is 0 Å². The monoisotopic (exact) mass is 956 g/mol. The van der Waals surface area contributed by atoms with E-state index in [0.717, 1.165) is 35.6 Å². The predicted octanol–water partition coefficient (Wildman–Crippen LogP) is 7.49. The van der Waals surface area contributed by atoms with Crippen molar-refractivity contribution in [3.8, 4) is 0 Å². The molecule has 0 aliphatic carbocycles. The van der Waals surface area contributed by atoms with E-state index in [9.17, 15) is 18.0 Å². The molecule has 0 saturated carbocycles. The van der Waals surface area contributed by atoms with Gasteiger partial charge in [0.2, 0.25) is 0 Å². The maximum atomic E-state index is 12.1. The van der Waals surface area contributed by atoms with Crippen molar-refractivity contribution in [3.05, 3.63) is 0 Å². The summed E-state index contributed by atoms with van der Waals surface area (Å²) < 4.78 is 23.8. The highest BCUT2D eigenvalue weighted by Crippen LogP contribution is 2.21. The van der Waals surface area contributed by atoms with Gasteiger partial charge in [0.1, 0.15) is 0 Å². The Morgan fingerprint density at radius 3 is 1.32 bits per heavy atom. The Kier molecular flexibility index (Phi) is 45.2. The number of carbonyl (C=O) groups is 2. The first-order valence-corrected chi connectivity index (χ1v) is 31.3. The van der Waals surface area contributed by atoms with E-state index in [-0.39, 0.29) is 22.4 Å². The van der Waals surface area contributed by atoms with Crippen molar-refractivity contribution in [3.63, 3.8) is 0 Å². The van der Waals surface area contributed by atoms with E-state index in [2.05, 4.69) is 20.6 Å². The molecular formula is C21H40N4O6S16. The topological polar surface area (TPSA) is 158 Å². The number of nitrogens with zero attached hydrogens (tertiary/aromatic N) is 2. The number of aliphatic imine (C=N–C) groups is 2. The fourth-order valence-electron chi connectivity index (χ4n) is 1.92. The Balaban J connectivity index is 3.44. The fourth-order valence-corrected chi connectivity index (χ4v) is 17.7. The second-order valence-electron chi connectivity index (χ2n) is 7.11. The summed E-state index contributed by atoms with van der Waals surface area (Å²) in [6.07, 6.45) is 0. The first-order chi connectivity index (χ1) is 23.0. The molecule has 0 saturated heterocycles. The Morgan fingerprint density at radius 2 is 0.872 bits per heavy atom. The van der Waals surface area contributed by atoms with Crippen LogP contribution in [0.1, 0.15) is 0 Å². The standard InChI is InChI=1S/C21H40N4O6S16/c26-7-36-13-40-16-44-20(28)24-3-34-11-39-10-33-2-23-6-47(31)19-43-15-41-17-45-21(29)25-4-35-12-38-9-32-1-22-5-46(30)18-42-14-37-8-27/h5-6,26-27H,1-4,7-19H2,(H,24,28)(H,25,29). The van der Waals surface area contributed by atoms with E-state index in [1.807, 2.05) is 0 Å². The Hall–Kier alpha value is 3.40. The molecule has 10 nitrogen and oxygen atoms in total. The van der Waals surface area contributed by atoms with Gasteiger partial charge in [0.25, 0.3) is 10.5 Å². The normalized spacial score (nSPS) is 13.0. The van der Waals surface area contributed by atoms with Crippen molar-refractivity contribution in [1.82, 2.24) is 10.6 Å². The zero-order valence-electron chi connectivity index (χ0n) is 25.1. The van der Waals surface area contributed by atoms with Crippen LogP contribution in [0, 0.1) is 0 Å². The van der Waals surface area contributed by atoms with Gasteiger partial charge in [-0.3, -0.25) is 28.0 Å². The lowest BCUT2D eigenvalue weighted by molar-refractivity contribution is 0.261. The lowest BCUT2D eigenvalue weighted by Crippen LogP contribution is -2.17. The molecule has 0 bridgehead atoms. The van der Waals surface area contributed by atoms with Crippen molar-refractivity contribution in [2.24, 2.45) is 9.98 Å². The molecule has 0 rings (SSSR count). The van der Waals surface area contributed by atoms with Crippen LogP contribution < -0.4 is 10.6 Å². The third-order valence-corrected chi connectivity index (χ3v) is 21.8. The number of aliphatic hydroxyl groups is 2. The summed E-state index contributed by atoms with van der Waals surface area (Å²) in [7, 11) is -2.18. The van der Waals surface area contributed by atoms with Crippen molar-refractivity contribution in [2.45, 2.75) is 0 Å². The van der Waals surface area contributed by atoms with Gasteiger partial charge in [-0.2, -0.15) is 0 Å². The third kappa shape index (κ3) is 42.0. The van der Waals surface area contributed by atoms with Crippen LogP contribution in [0.15, 0.2) is 9.98 Å². The van der Waals surface area contributed by atoms with E-state index < -0.39 is 21.6 Å². The molecule has 0 aromatic heterocycles. The molecule has 0 aliphatic heterocycles. The number of rotatable bonds is 34. The fraction of sp³-hybridized carbons (Fsp3) is 0.810. The van der Waals surface area contributed by atoms with Gasteiger partial charge in [-0.15, -0.1) is 141 Å². The molecule has 0 aromatic rings. The van der Waals surface area contributed by atoms with E-state index in [1.54, 1.807) is 106 Å². The molecule has 4 N–H and O–H groups in total. The Bertz CT molecular complexity index is 870. The summed E-state index contributed by atoms with van der Waals surface area (Å²) in [5.74, 6) is 2.47. The van der Waals surface area contributed by atoms with E-state index in [0.29, 0.717) is 43.8 Å². The van der Waals surface area contributed by atoms with Crippen LogP contribution in [0.4, 0.5) is 9.59 Å². The summed E-state index contributed by atoms with van der Waals surface area (Å²) >= 11 is 21.8. The number of hydrogen-bond donors (Lipinski definition) is 4. The van der Waals surface area contributed by atoms with Gasteiger partial charge in [-0.25, -0.2) is 0 Å². The van der Waals surface area contributed by atoms with Gasteiger partial charge >= 0.3 is 0 Å². The van der Waals surface area contributed by atoms with Gasteiger partial charge in [0.05, 0.1) is 78.2 Å². The molecule has 0 aliphatic rings. The number of amides is 2. The highest BCUT2D eigenvalue weighted by Gasteiger charge is 2.04. The molecule has 2 atom stereocenters. The van der Waals surface area contributed by atoms with E-state index in [1.165, 1.54) is 69.9 Å². The summed E-state index contributed by atoms with van der Waals surface area (Å²) in [6.45, 7) is 0. The number of hydrogen-bond acceptors (Lipinski definition) is 22. The van der Waals surface area contributed by atoms with Crippen LogP contribution in [-0.2, 0) is 21.6 Å². The van der Waals surface area contributed by atoms with Crippen molar-refractivity contribution in [1.29, 1.82) is 0 Å². The van der Waals surface area contributed by atoms with Gasteiger partial charge in [-0.05, 0) is 0 Å². The van der Waals surface area contributed by atoms with Gasteiger partial charge in [0.15, 0.2) is 0 Å². The summed E-state index contributed by atoms with van der Waals surface area (Å²) in [4.78, 5) is 32.0. The molecule has 0 radical (unpaired) electrons. The molecule has 2 unspecified atom stereocenters. The van der Waals surface area contributed by atoms with Crippen LogP contribution in [-0.4, -0.2) is 132 Å².